The van der Waals surface area contributed by atoms with Gasteiger partial charge in [-0.25, -0.2) is 8.42 Å². The molecule has 5 heteroatoms. The van der Waals surface area contributed by atoms with Crippen LogP contribution < -0.4 is 0 Å². The first kappa shape index (κ1) is 45.0. The highest BCUT2D eigenvalue weighted by Gasteiger charge is 2.25. The molecule has 0 radical (unpaired) electrons. The summed E-state index contributed by atoms with van der Waals surface area (Å²) in [7, 11) is -3.91. The van der Waals surface area contributed by atoms with Crippen molar-refractivity contribution in [2.24, 2.45) is 0 Å². The Morgan fingerprint density at radius 2 is 0.512 bits per heavy atom. The fraction of sp³-hybridized carbons (Fsp3) is 1.00. The van der Waals surface area contributed by atoms with Gasteiger partial charge in [0.15, 0.2) is 0 Å². The summed E-state index contributed by atoms with van der Waals surface area (Å²) in [6.45, 7) is 16.6. The molecule has 0 fully saturated rings. The highest BCUT2D eigenvalue weighted by Crippen LogP contribution is 2.21. The summed E-state index contributed by atoms with van der Waals surface area (Å²) < 4.78 is 29.8. The van der Waals surface area contributed by atoms with Gasteiger partial charge in [0.25, 0.3) is 0 Å². The number of nitrogens with zero attached hydrogens (tertiary/aromatic N) is 1. The third-order valence-corrected chi connectivity index (χ3v) is 10.0. The Hall–Kier alpha value is -0.130. The average molecular weight is 632 g/mol. The van der Waals surface area contributed by atoms with E-state index in [1.807, 2.05) is 0 Å². The Labute approximate surface area is 273 Å². The number of rotatable bonds is 33. The summed E-state index contributed by atoms with van der Waals surface area (Å²) in [5, 5.41) is 0. The number of hydrogen-bond donors (Lipinski definition) is 0. The second-order valence-corrected chi connectivity index (χ2v) is 15.3. The molecule has 0 aromatic carbocycles. The Bertz CT molecular complexity index is 582. The summed E-state index contributed by atoms with van der Waals surface area (Å²) in [6, 6.07) is 0. The van der Waals surface area contributed by atoms with Crippen molar-refractivity contribution in [2.75, 3.05) is 31.9 Å². The summed E-state index contributed by atoms with van der Waals surface area (Å²) in [5.74, 6) is -0.312. The van der Waals surface area contributed by atoms with E-state index in [0.717, 1.165) is 0 Å². The molecule has 0 rings (SSSR count). The topological polar surface area (TPSA) is 57.2 Å². The quantitative estimate of drug-likeness (QED) is 0.0411. The molecule has 0 aromatic heterocycles. The zero-order valence-corrected chi connectivity index (χ0v) is 31.2. The Morgan fingerprint density at radius 3 is 0.674 bits per heavy atom. The van der Waals surface area contributed by atoms with Crippen LogP contribution in [0.4, 0.5) is 0 Å². The van der Waals surface area contributed by atoms with Gasteiger partial charge in [-0.2, -0.15) is 0 Å². The van der Waals surface area contributed by atoms with Gasteiger partial charge in [-0.1, -0.05) is 163 Å². The van der Waals surface area contributed by atoms with Gasteiger partial charge in [0, 0.05) is 5.75 Å². The minimum atomic E-state index is -3.91. The van der Waals surface area contributed by atoms with E-state index in [-0.39, 0.29) is 5.75 Å². The molecule has 0 aliphatic carbocycles. The SMILES string of the molecule is CCCCCCCCCCCC[N+](CCCCCCCC)(CCCCCCCC)CCCCCCCC.CCS(=O)(=O)[O-]. The van der Waals surface area contributed by atoms with Crippen LogP contribution >= 0.6 is 0 Å². The molecule has 0 amide bonds. The van der Waals surface area contributed by atoms with Crippen LogP contribution in [-0.4, -0.2) is 49.4 Å². The van der Waals surface area contributed by atoms with E-state index in [4.69, 9.17) is 0 Å². The summed E-state index contributed by atoms with van der Waals surface area (Å²) >= 11 is 0. The number of unbranched alkanes of at least 4 members (excludes halogenated alkanes) is 24. The lowest BCUT2D eigenvalue weighted by atomic mass is 10.0. The maximum atomic E-state index is 9.44. The van der Waals surface area contributed by atoms with Crippen LogP contribution in [0.3, 0.4) is 0 Å². The van der Waals surface area contributed by atoms with Crippen LogP contribution in [-0.2, 0) is 10.1 Å². The molecule has 0 atom stereocenters. The van der Waals surface area contributed by atoms with Crippen LogP contribution in [0.25, 0.3) is 0 Å². The third-order valence-electron chi connectivity index (χ3n) is 9.30. The molecule has 262 valence electrons. The predicted octanol–water partition coefficient (Wildman–Crippen LogP) is 12.4. The molecule has 0 saturated heterocycles. The highest BCUT2D eigenvalue weighted by atomic mass is 32.2. The van der Waals surface area contributed by atoms with Crippen molar-refractivity contribution in [3.05, 3.63) is 0 Å². The Kier molecular flexibility index (Phi) is 36.3. The molecule has 0 spiro atoms. The van der Waals surface area contributed by atoms with Gasteiger partial charge in [0.2, 0.25) is 0 Å². The van der Waals surface area contributed by atoms with E-state index in [0.29, 0.717) is 0 Å². The van der Waals surface area contributed by atoms with E-state index in [2.05, 4.69) is 27.7 Å². The van der Waals surface area contributed by atoms with E-state index in [9.17, 15) is 13.0 Å². The van der Waals surface area contributed by atoms with Gasteiger partial charge in [0.05, 0.1) is 36.3 Å². The lowest BCUT2D eigenvalue weighted by Crippen LogP contribution is -2.50. The van der Waals surface area contributed by atoms with E-state index in [1.165, 1.54) is 217 Å². The van der Waals surface area contributed by atoms with Gasteiger partial charge in [-0.05, 0) is 51.4 Å². The molecule has 0 aliphatic heterocycles. The Morgan fingerprint density at radius 1 is 0.349 bits per heavy atom. The molecule has 4 nitrogen and oxygen atoms in total. The lowest BCUT2D eigenvalue weighted by Gasteiger charge is -2.40. The molecular weight excluding hydrogens is 550 g/mol. The van der Waals surface area contributed by atoms with Gasteiger partial charge >= 0.3 is 0 Å². The summed E-state index contributed by atoms with van der Waals surface area (Å²) in [6.07, 6.45) is 40.7. The largest absolute Gasteiger partial charge is 0.748 e. The zero-order valence-electron chi connectivity index (χ0n) is 30.4. The standard InChI is InChI=1S/C36H76N.C2H6O3S/c1-5-9-13-17-21-22-23-24-28-32-36-37(33-29-25-18-14-10-6-2,34-30-26-19-15-11-7-3)35-31-27-20-16-12-8-4;1-2-6(3,4)5/h5-36H2,1-4H3;2H2,1H3,(H,3,4,5)/q+1;/p-1. The lowest BCUT2D eigenvalue weighted by molar-refractivity contribution is -0.929. The molecular formula is C38H81NO3S. The van der Waals surface area contributed by atoms with Crippen molar-refractivity contribution in [3.63, 3.8) is 0 Å². The molecule has 0 aliphatic rings. The maximum Gasteiger partial charge on any atom is 0.0943 e. The molecule has 0 saturated carbocycles. The van der Waals surface area contributed by atoms with Crippen LogP contribution in [0.2, 0.25) is 0 Å². The first-order valence-electron chi connectivity index (χ1n) is 19.6. The van der Waals surface area contributed by atoms with E-state index < -0.39 is 10.1 Å². The molecule has 0 aromatic rings. The predicted molar refractivity (Wildman–Crippen MR) is 192 cm³/mol. The van der Waals surface area contributed by atoms with Gasteiger partial charge in [0.1, 0.15) is 0 Å². The minimum absolute atomic E-state index is 0.312. The van der Waals surface area contributed by atoms with Gasteiger partial charge in [-0.3, -0.25) is 0 Å². The number of quaternary nitrogens is 1. The normalized spacial score (nSPS) is 12.0. The van der Waals surface area contributed by atoms with Crippen molar-refractivity contribution in [1.29, 1.82) is 0 Å². The highest BCUT2D eigenvalue weighted by molar-refractivity contribution is 7.85. The minimum Gasteiger partial charge on any atom is -0.748 e. The van der Waals surface area contributed by atoms with Crippen LogP contribution in [0.15, 0.2) is 0 Å². The van der Waals surface area contributed by atoms with Gasteiger partial charge in [-0.15, -0.1) is 0 Å². The molecule has 0 unspecified atom stereocenters. The van der Waals surface area contributed by atoms with E-state index in [1.54, 1.807) is 0 Å². The van der Waals surface area contributed by atoms with Crippen molar-refractivity contribution in [3.8, 4) is 0 Å². The van der Waals surface area contributed by atoms with Crippen molar-refractivity contribution >= 4 is 10.1 Å². The molecule has 0 heterocycles. The van der Waals surface area contributed by atoms with Crippen LogP contribution in [0.5, 0.6) is 0 Å². The second kappa shape index (κ2) is 34.7. The molecule has 0 bridgehead atoms. The smallest absolute Gasteiger partial charge is 0.0943 e. The Balaban J connectivity index is 0. The van der Waals surface area contributed by atoms with Gasteiger partial charge < -0.3 is 9.04 Å². The average Bonchev–Trinajstić information content (AvgIpc) is 2.99. The first-order valence-corrected chi connectivity index (χ1v) is 21.2. The van der Waals surface area contributed by atoms with Crippen molar-refractivity contribution in [1.82, 2.24) is 0 Å². The fourth-order valence-corrected chi connectivity index (χ4v) is 6.29. The van der Waals surface area contributed by atoms with E-state index >= 15 is 0 Å². The monoisotopic (exact) mass is 632 g/mol. The third kappa shape index (κ3) is 36.2. The summed E-state index contributed by atoms with van der Waals surface area (Å²) in [4.78, 5) is 0. The first-order chi connectivity index (χ1) is 20.8. The summed E-state index contributed by atoms with van der Waals surface area (Å²) in [5.41, 5.74) is 0. The molecule has 0 N–H and O–H groups in total. The number of hydrogen-bond acceptors (Lipinski definition) is 3. The van der Waals surface area contributed by atoms with Crippen LogP contribution in [0.1, 0.15) is 214 Å². The van der Waals surface area contributed by atoms with Crippen LogP contribution in [0, 0.1) is 0 Å². The second-order valence-electron chi connectivity index (χ2n) is 13.6. The zero-order chi connectivity index (χ0) is 32.3. The maximum absolute atomic E-state index is 9.44. The van der Waals surface area contributed by atoms with Crippen molar-refractivity contribution < 1.29 is 17.5 Å². The molecule has 43 heavy (non-hydrogen) atoms. The van der Waals surface area contributed by atoms with Crippen molar-refractivity contribution in [2.45, 2.75) is 214 Å². The fourth-order valence-electron chi connectivity index (χ4n) is 6.29.